The number of hydrogen-bond acceptors (Lipinski definition) is 6. The van der Waals surface area contributed by atoms with Crippen molar-refractivity contribution in [3.05, 3.63) is 65.5 Å². The van der Waals surface area contributed by atoms with Crippen molar-refractivity contribution in [1.82, 2.24) is 19.1 Å². The van der Waals surface area contributed by atoms with Crippen molar-refractivity contribution >= 4 is 33.4 Å². The van der Waals surface area contributed by atoms with E-state index in [4.69, 9.17) is 0 Å². The van der Waals surface area contributed by atoms with Crippen LogP contribution in [0, 0.1) is 13.8 Å². The normalized spacial score (nSPS) is 11.6. The lowest BCUT2D eigenvalue weighted by molar-refractivity contribution is -0.113. The Kier molecular flexibility index (Phi) is 7.14. The number of rotatable bonds is 8. The zero-order valence-electron chi connectivity index (χ0n) is 17.9. The molecule has 1 N–H and O–H groups in total. The Balaban J connectivity index is 1.69. The van der Waals surface area contributed by atoms with Crippen LogP contribution in [0.2, 0.25) is 0 Å². The van der Waals surface area contributed by atoms with Crippen LogP contribution in [0.4, 0.5) is 5.69 Å². The zero-order valence-corrected chi connectivity index (χ0v) is 19.5. The predicted molar refractivity (Wildman–Crippen MR) is 122 cm³/mol. The van der Waals surface area contributed by atoms with E-state index in [9.17, 15) is 13.2 Å². The summed E-state index contributed by atoms with van der Waals surface area (Å²) in [7, 11) is -0.645. The fourth-order valence-corrected chi connectivity index (χ4v) is 4.55. The van der Waals surface area contributed by atoms with E-state index in [-0.39, 0.29) is 16.6 Å². The van der Waals surface area contributed by atoms with E-state index in [1.165, 1.54) is 38.0 Å². The van der Waals surface area contributed by atoms with Crippen LogP contribution in [0.1, 0.15) is 17.0 Å². The lowest BCUT2D eigenvalue weighted by atomic mass is 10.2. The van der Waals surface area contributed by atoms with Gasteiger partial charge in [-0.3, -0.25) is 4.79 Å². The third-order valence-electron chi connectivity index (χ3n) is 4.68. The van der Waals surface area contributed by atoms with Crippen molar-refractivity contribution in [3.8, 4) is 0 Å². The molecule has 0 aliphatic heterocycles. The number of aryl methyl sites for hydroxylation is 2. The minimum absolute atomic E-state index is 0.122. The molecular weight excluding hydrogens is 434 g/mol. The number of carbonyl (C=O) groups excluding carboxylic acids is 1. The molecule has 0 unspecified atom stereocenters. The molecular formula is C21H25N5O3S2. The van der Waals surface area contributed by atoms with Crippen molar-refractivity contribution in [2.24, 2.45) is 0 Å². The molecule has 3 aromatic rings. The van der Waals surface area contributed by atoms with Gasteiger partial charge in [0.1, 0.15) is 5.82 Å². The van der Waals surface area contributed by atoms with Crippen molar-refractivity contribution in [2.45, 2.75) is 30.4 Å². The molecule has 0 bridgehead atoms. The summed E-state index contributed by atoms with van der Waals surface area (Å²) in [4.78, 5) is 12.7. The zero-order chi connectivity index (χ0) is 22.6. The van der Waals surface area contributed by atoms with Crippen molar-refractivity contribution in [2.75, 3.05) is 25.2 Å². The first-order chi connectivity index (χ1) is 14.7. The molecule has 0 radical (unpaired) electrons. The largest absolute Gasteiger partial charge is 0.325 e. The van der Waals surface area contributed by atoms with Gasteiger partial charge in [-0.25, -0.2) is 12.7 Å². The highest BCUT2D eigenvalue weighted by Gasteiger charge is 2.19. The van der Waals surface area contributed by atoms with Gasteiger partial charge in [0.25, 0.3) is 0 Å². The summed E-state index contributed by atoms with van der Waals surface area (Å²) in [6.45, 7) is 4.31. The van der Waals surface area contributed by atoms with Crippen molar-refractivity contribution in [1.29, 1.82) is 0 Å². The average Bonchev–Trinajstić information content (AvgIpc) is 3.08. The second kappa shape index (κ2) is 9.63. The lowest BCUT2D eigenvalue weighted by Crippen LogP contribution is -2.22. The summed E-state index contributed by atoms with van der Waals surface area (Å²) in [5, 5.41) is 11.8. The van der Waals surface area contributed by atoms with Crippen LogP contribution < -0.4 is 5.32 Å². The monoisotopic (exact) mass is 459 g/mol. The van der Waals surface area contributed by atoms with E-state index in [2.05, 4.69) is 15.5 Å². The van der Waals surface area contributed by atoms with E-state index in [0.29, 0.717) is 17.4 Å². The molecule has 0 aliphatic carbocycles. The van der Waals surface area contributed by atoms with Gasteiger partial charge >= 0.3 is 0 Å². The summed E-state index contributed by atoms with van der Waals surface area (Å²) in [6.07, 6.45) is 0. The van der Waals surface area contributed by atoms with Crippen LogP contribution >= 0.6 is 11.8 Å². The maximum absolute atomic E-state index is 12.6. The van der Waals surface area contributed by atoms with Crippen LogP contribution in [-0.2, 0) is 21.4 Å². The van der Waals surface area contributed by atoms with Gasteiger partial charge in [-0.2, -0.15) is 0 Å². The number of aromatic nitrogens is 3. The molecule has 1 aromatic heterocycles. The van der Waals surface area contributed by atoms with E-state index >= 15 is 0 Å². The Hall–Kier alpha value is -2.69. The third kappa shape index (κ3) is 5.52. The number of carbonyl (C=O) groups is 1. The summed E-state index contributed by atoms with van der Waals surface area (Å²) in [6, 6.07) is 14.7. The number of nitrogens with one attached hydrogen (secondary N) is 1. The summed E-state index contributed by atoms with van der Waals surface area (Å²) >= 11 is 1.29. The molecule has 0 saturated heterocycles. The third-order valence-corrected chi connectivity index (χ3v) is 7.46. The lowest BCUT2D eigenvalue weighted by Gasteiger charge is -2.14. The number of amides is 1. The second-order valence-electron chi connectivity index (χ2n) is 7.20. The Morgan fingerprint density at radius 1 is 1.10 bits per heavy atom. The molecule has 1 amide bonds. The molecule has 8 nitrogen and oxygen atoms in total. The number of hydrogen-bond donors (Lipinski definition) is 1. The van der Waals surface area contributed by atoms with Crippen molar-refractivity contribution in [3.63, 3.8) is 0 Å². The average molecular weight is 460 g/mol. The van der Waals surface area contributed by atoms with Gasteiger partial charge in [0, 0.05) is 19.8 Å². The molecule has 0 fully saturated rings. The molecule has 164 valence electrons. The molecule has 2 aromatic carbocycles. The number of nitrogens with zero attached hydrogens (tertiary/aromatic N) is 4. The Morgan fingerprint density at radius 3 is 2.48 bits per heavy atom. The molecule has 0 atom stereocenters. The SMILES string of the molecule is Cc1ccc(S(=O)(=O)N(C)C)cc1NC(=O)CSc1nnc(C)n1Cc1ccccc1. The number of sulfonamides is 1. The predicted octanol–water partition coefficient (Wildman–Crippen LogP) is 2.92. The molecule has 0 saturated carbocycles. The Morgan fingerprint density at radius 2 is 1.81 bits per heavy atom. The van der Waals surface area contributed by atoms with Crippen LogP contribution in [0.15, 0.2) is 58.6 Å². The summed E-state index contributed by atoms with van der Waals surface area (Å²) in [5.74, 6) is 0.639. The Labute approximate surface area is 186 Å². The van der Waals surface area contributed by atoms with Crippen molar-refractivity contribution < 1.29 is 13.2 Å². The van der Waals surface area contributed by atoms with Gasteiger partial charge in [0.15, 0.2) is 5.16 Å². The summed E-state index contributed by atoms with van der Waals surface area (Å²) < 4.78 is 27.8. The Bertz CT molecular complexity index is 1170. The molecule has 31 heavy (non-hydrogen) atoms. The maximum Gasteiger partial charge on any atom is 0.242 e. The van der Waals surface area contributed by atoms with E-state index < -0.39 is 10.0 Å². The van der Waals surface area contributed by atoms with Crippen LogP contribution in [-0.4, -0.2) is 53.2 Å². The molecule has 1 heterocycles. The molecule has 3 rings (SSSR count). The first-order valence-corrected chi connectivity index (χ1v) is 12.0. The van der Waals surface area contributed by atoms with Gasteiger partial charge < -0.3 is 9.88 Å². The standard InChI is InChI=1S/C21H25N5O3S2/c1-15-10-11-18(31(28,29)25(3)4)12-19(15)22-20(27)14-30-21-24-23-16(2)26(21)13-17-8-6-5-7-9-17/h5-12H,13-14H2,1-4H3,(H,22,27). The fourth-order valence-electron chi connectivity index (χ4n) is 2.84. The number of anilines is 1. The summed E-state index contributed by atoms with van der Waals surface area (Å²) in [5.41, 5.74) is 2.36. The quantitative estimate of drug-likeness (QED) is 0.520. The minimum atomic E-state index is -3.58. The smallest absolute Gasteiger partial charge is 0.242 e. The molecule has 0 spiro atoms. The van der Waals surface area contributed by atoms with Crippen LogP contribution in [0.25, 0.3) is 0 Å². The molecule has 0 aliphatic rings. The highest BCUT2D eigenvalue weighted by atomic mass is 32.2. The van der Waals surface area contributed by atoms with Gasteiger partial charge in [-0.1, -0.05) is 48.2 Å². The van der Waals surface area contributed by atoms with Gasteiger partial charge in [-0.15, -0.1) is 10.2 Å². The molecule has 10 heteroatoms. The minimum Gasteiger partial charge on any atom is -0.325 e. The first-order valence-electron chi connectivity index (χ1n) is 9.58. The number of thioether (sulfide) groups is 1. The van der Waals surface area contributed by atoms with Crippen LogP contribution in [0.3, 0.4) is 0 Å². The first kappa shape index (κ1) is 23.0. The second-order valence-corrected chi connectivity index (χ2v) is 10.3. The highest BCUT2D eigenvalue weighted by Crippen LogP contribution is 2.23. The fraction of sp³-hybridized carbons (Fsp3) is 0.286. The van der Waals surface area contributed by atoms with E-state index in [0.717, 1.165) is 21.3 Å². The van der Waals surface area contributed by atoms with E-state index in [1.54, 1.807) is 6.07 Å². The van der Waals surface area contributed by atoms with E-state index in [1.807, 2.05) is 48.7 Å². The maximum atomic E-state index is 12.6. The van der Waals surface area contributed by atoms with Gasteiger partial charge in [0.05, 0.1) is 17.2 Å². The van der Waals surface area contributed by atoms with Crippen LogP contribution in [0.5, 0.6) is 0 Å². The number of benzene rings is 2. The highest BCUT2D eigenvalue weighted by molar-refractivity contribution is 7.99. The van der Waals surface area contributed by atoms with Gasteiger partial charge in [-0.05, 0) is 37.1 Å². The van der Waals surface area contributed by atoms with Gasteiger partial charge in [0.2, 0.25) is 15.9 Å². The topological polar surface area (TPSA) is 97.2 Å².